The summed E-state index contributed by atoms with van der Waals surface area (Å²) in [4.78, 5) is 26.1. The summed E-state index contributed by atoms with van der Waals surface area (Å²) >= 11 is 6.78. The SMILES string of the molecule is CCC1SC(=S)N(CCCCCC(=O)Nc2ccc(-n3nncc3C)cc2)C1=O. The van der Waals surface area contributed by atoms with E-state index in [1.807, 2.05) is 38.1 Å². The molecule has 0 spiro atoms. The van der Waals surface area contributed by atoms with E-state index in [1.54, 1.807) is 15.8 Å². The molecule has 2 aromatic rings. The third-order valence-corrected chi connectivity index (χ3v) is 6.53. The quantitative estimate of drug-likeness (QED) is 0.482. The van der Waals surface area contributed by atoms with Gasteiger partial charge in [-0.15, -0.1) is 5.10 Å². The van der Waals surface area contributed by atoms with Crippen molar-refractivity contribution in [2.45, 2.75) is 51.2 Å². The van der Waals surface area contributed by atoms with Gasteiger partial charge < -0.3 is 5.32 Å². The molecule has 1 aliphatic rings. The summed E-state index contributed by atoms with van der Waals surface area (Å²) < 4.78 is 2.42. The first kappa shape index (κ1) is 21.4. The van der Waals surface area contributed by atoms with Gasteiger partial charge >= 0.3 is 0 Å². The lowest BCUT2D eigenvalue weighted by Gasteiger charge is -2.15. The van der Waals surface area contributed by atoms with Crippen LogP contribution in [-0.4, -0.2) is 47.8 Å². The predicted octanol–water partition coefficient (Wildman–Crippen LogP) is 3.71. The number of unbranched alkanes of at least 4 members (excludes halogenated alkanes) is 2. The summed E-state index contributed by atoms with van der Waals surface area (Å²) in [6.45, 7) is 4.58. The van der Waals surface area contributed by atoms with E-state index < -0.39 is 0 Å². The van der Waals surface area contributed by atoms with Crippen LogP contribution in [-0.2, 0) is 9.59 Å². The van der Waals surface area contributed by atoms with Crippen molar-refractivity contribution in [3.8, 4) is 5.69 Å². The molecule has 0 aliphatic carbocycles. The molecule has 0 radical (unpaired) electrons. The van der Waals surface area contributed by atoms with Crippen molar-refractivity contribution in [3.63, 3.8) is 0 Å². The second-order valence-electron chi connectivity index (χ2n) is 6.96. The molecule has 2 amide bonds. The molecule has 1 saturated heterocycles. The fourth-order valence-electron chi connectivity index (χ4n) is 3.14. The topological polar surface area (TPSA) is 80.1 Å². The number of nitrogens with one attached hydrogen (secondary N) is 1. The molecule has 1 unspecified atom stereocenters. The minimum atomic E-state index is -0.0202. The Bertz CT molecular complexity index is 881. The van der Waals surface area contributed by atoms with Crippen molar-refractivity contribution in [1.29, 1.82) is 0 Å². The number of thiocarbonyl (C=S) groups is 1. The number of amides is 2. The molecule has 0 bridgehead atoms. The van der Waals surface area contributed by atoms with Gasteiger partial charge in [-0.1, -0.05) is 42.5 Å². The van der Waals surface area contributed by atoms with Gasteiger partial charge in [0.15, 0.2) is 0 Å². The number of thioether (sulfide) groups is 1. The van der Waals surface area contributed by atoms with Crippen molar-refractivity contribution in [3.05, 3.63) is 36.2 Å². The molecule has 7 nitrogen and oxygen atoms in total. The summed E-state index contributed by atoms with van der Waals surface area (Å²) in [5, 5.41) is 10.8. The lowest BCUT2D eigenvalue weighted by atomic mass is 10.1. The van der Waals surface area contributed by atoms with E-state index in [1.165, 1.54) is 11.8 Å². The Morgan fingerprint density at radius 2 is 2.00 bits per heavy atom. The van der Waals surface area contributed by atoms with Gasteiger partial charge in [-0.05, 0) is 50.5 Å². The summed E-state index contributed by atoms with van der Waals surface area (Å²) in [5.41, 5.74) is 2.60. The fourth-order valence-corrected chi connectivity index (χ4v) is 4.62. The summed E-state index contributed by atoms with van der Waals surface area (Å²) in [5.74, 6) is 0.119. The number of rotatable bonds is 9. The van der Waals surface area contributed by atoms with Crippen LogP contribution < -0.4 is 5.32 Å². The van der Waals surface area contributed by atoms with Crippen LogP contribution in [0.25, 0.3) is 5.69 Å². The second-order valence-corrected chi connectivity index (χ2v) is 8.80. The van der Waals surface area contributed by atoms with Crippen molar-refractivity contribution in [2.24, 2.45) is 0 Å². The fraction of sp³-hybridized carbons (Fsp3) is 0.450. The largest absolute Gasteiger partial charge is 0.326 e. The molecule has 1 fully saturated rings. The van der Waals surface area contributed by atoms with Crippen LogP contribution in [0.1, 0.15) is 44.7 Å². The molecule has 0 saturated carbocycles. The van der Waals surface area contributed by atoms with Gasteiger partial charge in [-0.25, -0.2) is 4.68 Å². The highest BCUT2D eigenvalue weighted by Crippen LogP contribution is 2.29. The number of hydrogen-bond acceptors (Lipinski definition) is 6. The molecule has 1 N–H and O–H groups in total. The standard InChI is InChI=1S/C20H25N5O2S2/c1-3-17-19(27)24(20(28)29-17)12-6-4-5-7-18(26)22-15-8-10-16(11-9-15)25-14(2)13-21-23-25/h8-11,13,17H,3-7,12H2,1-2H3,(H,22,26). The number of aromatic nitrogens is 3. The van der Waals surface area contributed by atoms with E-state index in [9.17, 15) is 9.59 Å². The number of carbonyl (C=O) groups is 2. The minimum absolute atomic E-state index is 0.0101. The number of hydrogen-bond donors (Lipinski definition) is 1. The maximum atomic E-state index is 12.2. The van der Waals surface area contributed by atoms with Gasteiger partial charge in [0.1, 0.15) is 4.32 Å². The van der Waals surface area contributed by atoms with Gasteiger partial charge in [0.05, 0.1) is 22.8 Å². The summed E-state index contributed by atoms with van der Waals surface area (Å²) in [6, 6.07) is 7.51. The smallest absolute Gasteiger partial charge is 0.241 e. The normalized spacial score (nSPS) is 16.5. The number of anilines is 1. The van der Waals surface area contributed by atoms with Crippen LogP contribution in [0, 0.1) is 6.92 Å². The second kappa shape index (κ2) is 9.98. The molecule has 1 atom stereocenters. The number of aryl methyl sites for hydroxylation is 1. The Hall–Kier alpha value is -2.26. The average Bonchev–Trinajstić information content (AvgIpc) is 3.25. The zero-order chi connectivity index (χ0) is 20.8. The van der Waals surface area contributed by atoms with Crippen LogP contribution >= 0.6 is 24.0 Å². The highest BCUT2D eigenvalue weighted by Gasteiger charge is 2.34. The Kier molecular flexibility index (Phi) is 7.38. The van der Waals surface area contributed by atoms with Crippen molar-refractivity contribution < 1.29 is 9.59 Å². The molecule has 9 heteroatoms. The van der Waals surface area contributed by atoms with Gasteiger partial charge in [0, 0.05) is 18.7 Å². The molecule has 154 valence electrons. The zero-order valence-electron chi connectivity index (χ0n) is 16.6. The summed E-state index contributed by atoms with van der Waals surface area (Å²) in [6.07, 6.45) is 5.47. The molecular weight excluding hydrogens is 406 g/mol. The lowest BCUT2D eigenvalue weighted by Crippen LogP contribution is -2.32. The Labute approximate surface area is 180 Å². The van der Waals surface area contributed by atoms with Gasteiger partial charge in [0.2, 0.25) is 11.8 Å². The maximum Gasteiger partial charge on any atom is 0.241 e. The van der Waals surface area contributed by atoms with E-state index in [-0.39, 0.29) is 17.1 Å². The van der Waals surface area contributed by atoms with E-state index in [4.69, 9.17) is 12.2 Å². The van der Waals surface area contributed by atoms with Crippen LogP contribution in [0.15, 0.2) is 30.5 Å². The predicted molar refractivity (Wildman–Crippen MR) is 119 cm³/mol. The molecule has 1 aromatic heterocycles. The number of benzene rings is 1. The van der Waals surface area contributed by atoms with E-state index >= 15 is 0 Å². The van der Waals surface area contributed by atoms with Crippen molar-refractivity contribution >= 4 is 45.8 Å². The van der Waals surface area contributed by atoms with Crippen molar-refractivity contribution in [1.82, 2.24) is 19.9 Å². The van der Waals surface area contributed by atoms with Crippen molar-refractivity contribution in [2.75, 3.05) is 11.9 Å². The average molecular weight is 432 g/mol. The molecule has 3 rings (SSSR count). The summed E-state index contributed by atoms with van der Waals surface area (Å²) in [7, 11) is 0. The molecule has 29 heavy (non-hydrogen) atoms. The van der Waals surface area contributed by atoms with E-state index in [0.717, 1.165) is 42.8 Å². The first-order chi connectivity index (χ1) is 14.0. The molecule has 1 aromatic carbocycles. The molecular formula is C20H25N5O2S2. The van der Waals surface area contributed by atoms with E-state index in [0.29, 0.717) is 17.3 Å². The Morgan fingerprint density at radius 3 is 2.62 bits per heavy atom. The van der Waals surface area contributed by atoms with Crippen LogP contribution in [0.4, 0.5) is 5.69 Å². The molecule has 1 aliphatic heterocycles. The van der Waals surface area contributed by atoms with Crippen LogP contribution in [0.3, 0.4) is 0 Å². The number of nitrogens with zero attached hydrogens (tertiary/aromatic N) is 4. The number of carbonyl (C=O) groups excluding carboxylic acids is 2. The van der Waals surface area contributed by atoms with Crippen LogP contribution in [0.2, 0.25) is 0 Å². The third kappa shape index (κ3) is 5.42. The minimum Gasteiger partial charge on any atom is -0.326 e. The van der Waals surface area contributed by atoms with E-state index in [2.05, 4.69) is 15.6 Å². The Morgan fingerprint density at radius 1 is 1.24 bits per heavy atom. The van der Waals surface area contributed by atoms with Gasteiger partial charge in [-0.3, -0.25) is 14.5 Å². The first-order valence-electron chi connectivity index (χ1n) is 9.79. The Balaban J connectivity index is 1.37. The van der Waals surface area contributed by atoms with Gasteiger partial charge in [-0.2, -0.15) is 0 Å². The zero-order valence-corrected chi connectivity index (χ0v) is 18.3. The maximum absolute atomic E-state index is 12.2. The highest BCUT2D eigenvalue weighted by atomic mass is 32.2. The monoisotopic (exact) mass is 431 g/mol. The van der Waals surface area contributed by atoms with Crippen LogP contribution in [0.5, 0.6) is 0 Å². The van der Waals surface area contributed by atoms with Gasteiger partial charge in [0.25, 0.3) is 0 Å². The highest BCUT2D eigenvalue weighted by molar-refractivity contribution is 8.24. The first-order valence-corrected chi connectivity index (χ1v) is 11.1. The lowest BCUT2D eigenvalue weighted by molar-refractivity contribution is -0.126. The molecule has 2 heterocycles. The third-order valence-electron chi connectivity index (χ3n) is 4.78.